The van der Waals surface area contributed by atoms with Gasteiger partial charge >= 0.3 is 0 Å². The molecular formula is C22H23F2N3O3. The molecule has 1 saturated heterocycles. The largest absolute Gasteiger partial charge is 0.494 e. The van der Waals surface area contributed by atoms with Crippen molar-refractivity contribution in [3.05, 3.63) is 48.7 Å². The molecule has 1 aliphatic heterocycles. The van der Waals surface area contributed by atoms with Crippen LogP contribution in [0.5, 0.6) is 11.5 Å². The van der Waals surface area contributed by atoms with E-state index in [0.717, 1.165) is 28.0 Å². The molecule has 0 bridgehead atoms. The van der Waals surface area contributed by atoms with Crippen molar-refractivity contribution in [3.63, 3.8) is 0 Å². The molecular weight excluding hydrogens is 392 g/mol. The van der Waals surface area contributed by atoms with Gasteiger partial charge in [-0.05, 0) is 36.4 Å². The van der Waals surface area contributed by atoms with E-state index < -0.39 is 5.92 Å². The molecule has 0 radical (unpaired) electrons. The van der Waals surface area contributed by atoms with E-state index in [2.05, 4.69) is 10.3 Å². The lowest BCUT2D eigenvalue weighted by atomic mass is 10.1. The molecule has 1 fully saturated rings. The Labute approximate surface area is 173 Å². The van der Waals surface area contributed by atoms with Crippen LogP contribution in [0.1, 0.15) is 0 Å². The summed E-state index contributed by atoms with van der Waals surface area (Å²) in [4.78, 5) is 6.05. The second-order valence-corrected chi connectivity index (χ2v) is 7.10. The van der Waals surface area contributed by atoms with Crippen LogP contribution in [0.25, 0.3) is 10.9 Å². The van der Waals surface area contributed by atoms with E-state index in [1.54, 1.807) is 25.3 Å². The van der Waals surface area contributed by atoms with Crippen molar-refractivity contribution < 1.29 is 23.0 Å². The maximum Gasteiger partial charge on any atom is 0.282 e. The van der Waals surface area contributed by atoms with Crippen LogP contribution < -0.4 is 19.7 Å². The van der Waals surface area contributed by atoms with Gasteiger partial charge in [0.15, 0.2) is 0 Å². The summed E-state index contributed by atoms with van der Waals surface area (Å²) < 4.78 is 42.5. The van der Waals surface area contributed by atoms with E-state index >= 15 is 0 Å². The summed E-state index contributed by atoms with van der Waals surface area (Å²) in [7, 11) is 3.22. The zero-order chi connectivity index (χ0) is 21.1. The number of benzene rings is 2. The van der Waals surface area contributed by atoms with Gasteiger partial charge in [-0.1, -0.05) is 0 Å². The van der Waals surface area contributed by atoms with E-state index in [9.17, 15) is 8.78 Å². The van der Waals surface area contributed by atoms with Gasteiger partial charge in [0.1, 0.15) is 18.1 Å². The maximum atomic E-state index is 13.2. The fourth-order valence-electron chi connectivity index (χ4n) is 3.39. The molecule has 4 rings (SSSR count). The molecule has 1 aliphatic rings. The molecule has 1 N–H and O–H groups in total. The minimum Gasteiger partial charge on any atom is -0.494 e. The Morgan fingerprint density at radius 1 is 1.03 bits per heavy atom. The van der Waals surface area contributed by atoms with Crippen molar-refractivity contribution in [1.82, 2.24) is 4.98 Å². The number of nitrogens with zero attached hydrogens (tertiary/aromatic N) is 2. The first-order valence-corrected chi connectivity index (χ1v) is 9.57. The van der Waals surface area contributed by atoms with Crippen LogP contribution >= 0.6 is 0 Å². The predicted molar refractivity (Wildman–Crippen MR) is 113 cm³/mol. The number of aromatic nitrogens is 1. The number of hydrogen-bond acceptors (Lipinski definition) is 6. The van der Waals surface area contributed by atoms with Gasteiger partial charge in [0.2, 0.25) is 0 Å². The first-order chi connectivity index (χ1) is 14.5. The average molecular weight is 415 g/mol. The monoisotopic (exact) mass is 415 g/mol. The third-order valence-electron chi connectivity index (χ3n) is 4.93. The molecule has 0 unspecified atom stereocenters. The van der Waals surface area contributed by atoms with Crippen LogP contribution in [0, 0.1) is 0 Å². The van der Waals surface area contributed by atoms with Crippen LogP contribution in [0.15, 0.2) is 48.7 Å². The van der Waals surface area contributed by atoms with Crippen LogP contribution in [-0.4, -0.2) is 51.4 Å². The summed E-state index contributed by atoms with van der Waals surface area (Å²) >= 11 is 0. The molecule has 6 nitrogen and oxygen atoms in total. The molecule has 0 amide bonds. The van der Waals surface area contributed by atoms with Crippen LogP contribution in [0.2, 0.25) is 0 Å². The Kier molecular flexibility index (Phi) is 5.59. The summed E-state index contributed by atoms with van der Waals surface area (Å²) in [5, 5.41) is 4.26. The minimum atomic E-state index is -2.61. The lowest BCUT2D eigenvalue weighted by Gasteiger charge is -2.40. The molecule has 0 spiro atoms. The van der Waals surface area contributed by atoms with E-state index in [0.29, 0.717) is 24.7 Å². The second kappa shape index (κ2) is 8.31. The summed E-state index contributed by atoms with van der Waals surface area (Å²) in [6.07, 6.45) is 1.69. The molecule has 0 atom stereocenters. The molecule has 30 heavy (non-hydrogen) atoms. The number of fused-ring (bicyclic) bond motifs is 1. The molecule has 1 aromatic heterocycles. The number of hydrogen-bond donors (Lipinski definition) is 1. The zero-order valence-electron chi connectivity index (χ0n) is 16.8. The van der Waals surface area contributed by atoms with Crippen molar-refractivity contribution in [3.8, 4) is 11.5 Å². The summed E-state index contributed by atoms with van der Waals surface area (Å²) in [6, 6.07) is 13.0. The molecule has 3 aromatic rings. The highest BCUT2D eigenvalue weighted by atomic mass is 19.3. The Morgan fingerprint density at radius 2 is 1.87 bits per heavy atom. The molecule has 0 aliphatic carbocycles. The van der Waals surface area contributed by atoms with Crippen LogP contribution in [0.4, 0.5) is 25.8 Å². The normalized spacial score (nSPS) is 15.0. The Morgan fingerprint density at radius 3 is 2.60 bits per heavy atom. The van der Waals surface area contributed by atoms with Crippen LogP contribution in [-0.2, 0) is 4.74 Å². The summed E-state index contributed by atoms with van der Waals surface area (Å²) in [5.41, 5.74) is 3.09. The minimum absolute atomic E-state index is 0.257. The first-order valence-electron chi connectivity index (χ1n) is 9.57. The third-order valence-corrected chi connectivity index (χ3v) is 4.93. The summed E-state index contributed by atoms with van der Waals surface area (Å²) in [6.45, 7) is 0.438. The topological polar surface area (TPSA) is 55.9 Å². The highest BCUT2D eigenvalue weighted by Crippen LogP contribution is 2.36. The highest BCUT2D eigenvalue weighted by molar-refractivity contribution is 5.95. The van der Waals surface area contributed by atoms with Gasteiger partial charge in [0.05, 0.1) is 38.0 Å². The number of methoxy groups -OCH3 is 2. The number of anilines is 3. The second-order valence-electron chi connectivity index (χ2n) is 7.10. The van der Waals surface area contributed by atoms with Gasteiger partial charge in [-0.3, -0.25) is 4.98 Å². The lowest BCUT2D eigenvalue weighted by Crippen LogP contribution is -2.56. The smallest absolute Gasteiger partial charge is 0.282 e. The fraction of sp³-hybridized carbons (Fsp3) is 0.318. The molecule has 0 saturated carbocycles. The maximum absolute atomic E-state index is 13.2. The first kappa shape index (κ1) is 20.2. The van der Waals surface area contributed by atoms with Crippen molar-refractivity contribution in [2.24, 2.45) is 0 Å². The third kappa shape index (κ3) is 4.23. The number of nitrogens with one attached hydrogen (secondary N) is 1. The van der Waals surface area contributed by atoms with Crippen molar-refractivity contribution in [2.45, 2.75) is 5.92 Å². The number of halogens is 2. The predicted octanol–water partition coefficient (Wildman–Crippen LogP) is 4.47. The molecule has 2 heterocycles. The van der Waals surface area contributed by atoms with Gasteiger partial charge in [-0.15, -0.1) is 0 Å². The van der Waals surface area contributed by atoms with E-state index in [1.807, 2.05) is 42.5 Å². The Bertz CT molecular complexity index is 1040. The van der Waals surface area contributed by atoms with Crippen molar-refractivity contribution in [2.75, 3.05) is 50.7 Å². The van der Waals surface area contributed by atoms with Gasteiger partial charge in [0.25, 0.3) is 5.92 Å². The Hall–Kier alpha value is -3.13. The van der Waals surface area contributed by atoms with E-state index in [1.165, 1.54) is 0 Å². The zero-order valence-corrected chi connectivity index (χ0v) is 16.8. The van der Waals surface area contributed by atoms with E-state index in [-0.39, 0.29) is 13.1 Å². The number of ether oxygens (including phenoxy) is 3. The standard InChI is InChI=1S/C22H23F2N3O3/c1-28-9-10-30-16-4-6-19(21(12-16)29-2)26-18-7-8-25-20-11-15(3-5-17(18)20)27-13-22(23,24)14-27/h3-8,11-12H,9-10,13-14H2,1-2H3,(H,25,26). The van der Waals surface area contributed by atoms with Crippen molar-refractivity contribution >= 4 is 28.0 Å². The molecule has 8 heteroatoms. The van der Waals surface area contributed by atoms with Gasteiger partial charge in [-0.2, -0.15) is 0 Å². The molecule has 158 valence electrons. The van der Waals surface area contributed by atoms with Crippen LogP contribution in [0.3, 0.4) is 0 Å². The highest BCUT2D eigenvalue weighted by Gasteiger charge is 2.43. The number of pyridine rings is 1. The quantitative estimate of drug-likeness (QED) is 0.548. The van der Waals surface area contributed by atoms with Crippen molar-refractivity contribution in [1.29, 1.82) is 0 Å². The number of rotatable bonds is 8. The van der Waals surface area contributed by atoms with Gasteiger partial charge in [0, 0.05) is 36.1 Å². The van der Waals surface area contributed by atoms with Gasteiger partial charge < -0.3 is 24.4 Å². The SMILES string of the molecule is COCCOc1ccc(Nc2ccnc3cc(N4CC(F)(F)C4)ccc23)c(OC)c1. The van der Waals surface area contributed by atoms with Gasteiger partial charge in [-0.25, -0.2) is 8.78 Å². The lowest BCUT2D eigenvalue weighted by molar-refractivity contribution is -0.0262. The fourth-order valence-corrected chi connectivity index (χ4v) is 3.39. The number of alkyl halides is 2. The van der Waals surface area contributed by atoms with E-state index in [4.69, 9.17) is 14.2 Å². The Balaban J connectivity index is 1.56. The average Bonchev–Trinajstić information content (AvgIpc) is 2.73. The molecule has 2 aromatic carbocycles. The summed E-state index contributed by atoms with van der Waals surface area (Å²) in [5.74, 6) is -1.29.